The summed E-state index contributed by atoms with van der Waals surface area (Å²) in [5, 5.41) is 13.0. The third kappa shape index (κ3) is 8.89. The van der Waals surface area contributed by atoms with E-state index in [0.717, 1.165) is 24.2 Å². The number of halogens is 2. The van der Waals surface area contributed by atoms with Gasteiger partial charge in [0, 0.05) is 69.1 Å². The molecule has 2 bridgehead atoms. The maximum atomic E-state index is 15.2. The highest BCUT2D eigenvalue weighted by atomic mass is 19.1. The Morgan fingerprint density at radius 3 is 2.61 bits per heavy atom. The Balaban J connectivity index is 0.939. The molecule has 61 heavy (non-hydrogen) atoms. The number of rotatable bonds is 7. The SMILES string of the molecule is CO[C@@H]1CN(CCc2cc(F)c([C@H]3CCC(=O)NC3=O)c(F)c2)CC[C@H]1NC(=O)c1ccc2c(c1)N1C[C@H](C)CCCOc3c(cnn3C)-c3cc(cc(C)n3)C(=O)/N=C/1N2. The van der Waals surface area contributed by atoms with Crippen LogP contribution in [0.2, 0.25) is 0 Å². The van der Waals surface area contributed by atoms with E-state index < -0.39 is 35.3 Å². The second-order valence-electron chi connectivity index (χ2n) is 16.3. The van der Waals surface area contributed by atoms with E-state index in [0.29, 0.717) is 91.1 Å². The zero-order chi connectivity index (χ0) is 42.9. The fraction of sp³-hybridized carbons (Fsp3) is 0.432. The minimum atomic E-state index is -1.05. The highest BCUT2D eigenvalue weighted by molar-refractivity contribution is 6.19. The van der Waals surface area contributed by atoms with E-state index >= 15 is 8.78 Å². The van der Waals surface area contributed by atoms with Crippen LogP contribution in [0.15, 0.2) is 53.7 Å². The van der Waals surface area contributed by atoms with E-state index in [1.54, 1.807) is 36.2 Å². The number of amides is 4. The van der Waals surface area contributed by atoms with Crippen LogP contribution in [0.25, 0.3) is 11.3 Å². The number of nitrogens with one attached hydrogen (secondary N) is 3. The Hall–Kier alpha value is -6.07. The number of methoxy groups -OCH3 is 1. The molecule has 8 rings (SSSR count). The van der Waals surface area contributed by atoms with Crippen LogP contribution < -0.4 is 25.6 Å². The first-order valence-corrected chi connectivity index (χ1v) is 20.7. The summed E-state index contributed by atoms with van der Waals surface area (Å²) in [7, 11) is 3.40. The van der Waals surface area contributed by atoms with Crippen LogP contribution in [0.3, 0.4) is 0 Å². The Morgan fingerprint density at radius 2 is 1.84 bits per heavy atom. The summed E-state index contributed by atoms with van der Waals surface area (Å²) in [6.45, 7) is 6.55. The first-order valence-electron chi connectivity index (χ1n) is 20.7. The predicted octanol–water partition coefficient (Wildman–Crippen LogP) is 4.89. The molecule has 0 saturated carbocycles. The molecule has 4 atom stereocenters. The molecule has 0 aliphatic carbocycles. The summed E-state index contributed by atoms with van der Waals surface area (Å²) < 4.78 is 44.0. The number of fused-ring (bicyclic) bond motifs is 7. The van der Waals surface area contributed by atoms with Gasteiger partial charge in [-0.05, 0) is 93.0 Å². The van der Waals surface area contributed by atoms with Gasteiger partial charge in [0.25, 0.3) is 11.8 Å². The molecular weight excluding hydrogens is 789 g/mol. The predicted molar refractivity (Wildman–Crippen MR) is 223 cm³/mol. The lowest BCUT2D eigenvalue weighted by Crippen LogP contribution is -2.55. The van der Waals surface area contributed by atoms with E-state index in [1.165, 1.54) is 12.1 Å². The summed E-state index contributed by atoms with van der Waals surface area (Å²) >= 11 is 0. The molecular formula is C44H49F2N9O6. The quantitative estimate of drug-likeness (QED) is 0.217. The summed E-state index contributed by atoms with van der Waals surface area (Å²) in [6.07, 6.45) is 3.96. The maximum absolute atomic E-state index is 15.2. The van der Waals surface area contributed by atoms with Crippen molar-refractivity contribution in [3.8, 4) is 17.1 Å². The number of piperidine rings is 2. The van der Waals surface area contributed by atoms with Crippen LogP contribution in [0.4, 0.5) is 20.2 Å². The summed E-state index contributed by atoms with van der Waals surface area (Å²) in [6, 6.07) is 11.0. The molecule has 4 aliphatic rings. The molecule has 0 unspecified atom stereocenters. The van der Waals surface area contributed by atoms with E-state index in [1.807, 2.05) is 31.0 Å². The van der Waals surface area contributed by atoms with Gasteiger partial charge < -0.3 is 29.9 Å². The van der Waals surface area contributed by atoms with Crippen molar-refractivity contribution in [2.75, 3.05) is 50.1 Å². The molecule has 2 saturated heterocycles. The second-order valence-corrected chi connectivity index (χ2v) is 16.3. The third-order valence-corrected chi connectivity index (χ3v) is 11.9. The van der Waals surface area contributed by atoms with Gasteiger partial charge in [-0.25, -0.2) is 13.5 Å². The number of carbonyl (C=O) groups excluding carboxylic acids is 4. The van der Waals surface area contributed by atoms with Gasteiger partial charge in [-0.15, -0.1) is 0 Å². The fourth-order valence-electron chi connectivity index (χ4n) is 8.65. The van der Waals surface area contributed by atoms with Crippen LogP contribution in [0, 0.1) is 24.5 Å². The van der Waals surface area contributed by atoms with Crippen molar-refractivity contribution in [1.29, 1.82) is 0 Å². The summed E-state index contributed by atoms with van der Waals surface area (Å²) in [5.41, 5.74) is 4.30. The monoisotopic (exact) mass is 837 g/mol. The lowest BCUT2D eigenvalue weighted by molar-refractivity contribution is -0.134. The van der Waals surface area contributed by atoms with E-state index in [2.05, 4.69) is 42.8 Å². The number of likely N-dealkylation sites (tertiary alicyclic amines) is 1. The molecule has 4 amide bonds. The largest absolute Gasteiger partial charge is 0.477 e. The fourth-order valence-corrected chi connectivity index (χ4v) is 8.65. The van der Waals surface area contributed by atoms with E-state index in [9.17, 15) is 19.2 Å². The average molecular weight is 838 g/mol. The van der Waals surface area contributed by atoms with Gasteiger partial charge in [0.15, 0.2) is 0 Å². The number of benzene rings is 2. The number of aryl methyl sites for hydroxylation is 2. The molecule has 2 aromatic carbocycles. The zero-order valence-electron chi connectivity index (χ0n) is 34.6. The van der Waals surface area contributed by atoms with Crippen LogP contribution in [-0.2, 0) is 27.8 Å². The van der Waals surface area contributed by atoms with Crippen LogP contribution in [-0.4, -0.2) is 101 Å². The van der Waals surface area contributed by atoms with Gasteiger partial charge in [0.05, 0.1) is 53.5 Å². The van der Waals surface area contributed by atoms with Crippen LogP contribution in [0.1, 0.15) is 82.5 Å². The average Bonchev–Trinajstić information content (AvgIpc) is 3.76. The molecule has 4 aliphatic heterocycles. The van der Waals surface area contributed by atoms with E-state index in [-0.39, 0.29) is 42.4 Å². The van der Waals surface area contributed by atoms with Gasteiger partial charge in [-0.1, -0.05) is 6.92 Å². The standard InChI is InChI=1S/C44H49F2N9O6/c1-24-6-5-15-61-43-30(21-47-53(43)3)35-19-28(16-25(2)48-35)41(58)52-44-50-33-9-7-27(20-36(33)55(44)22-24)40(57)49-34-12-14-54(23-37(34)60-4)13-11-26-17-31(45)39(32(46)18-26)29-8-10-38(56)51-42(29)59/h7,9,16-21,24,29,34,37H,5-6,8,10-15,22-23H2,1-4H3,(H,49,57)(H,50,52,58)(H,51,56,59)/t24-,29-,34-,37-/m1/s1. The van der Waals surface area contributed by atoms with Gasteiger partial charge in [0.2, 0.25) is 23.7 Å². The molecule has 2 aromatic heterocycles. The smallest absolute Gasteiger partial charge is 0.280 e. The number of imide groups is 1. The van der Waals surface area contributed by atoms with Gasteiger partial charge in [-0.3, -0.25) is 29.5 Å². The molecule has 4 aromatic rings. The number of guanidine groups is 1. The Morgan fingerprint density at radius 1 is 1.03 bits per heavy atom. The number of anilines is 2. The number of hydrogen-bond donors (Lipinski definition) is 3. The van der Waals surface area contributed by atoms with Crippen molar-refractivity contribution < 1.29 is 37.4 Å². The van der Waals surface area contributed by atoms with Gasteiger partial charge in [0.1, 0.15) is 11.6 Å². The number of ether oxygens (including phenoxy) is 2. The number of nitrogens with zero attached hydrogens (tertiary/aromatic N) is 6. The zero-order valence-corrected chi connectivity index (χ0v) is 34.6. The van der Waals surface area contributed by atoms with Crippen molar-refractivity contribution in [2.24, 2.45) is 18.0 Å². The van der Waals surface area contributed by atoms with Crippen LogP contribution in [0.5, 0.6) is 5.88 Å². The van der Waals surface area contributed by atoms with Crippen molar-refractivity contribution >= 4 is 41.0 Å². The molecule has 2 fully saturated rings. The lowest BCUT2D eigenvalue weighted by Gasteiger charge is -2.38. The Labute approximate surface area is 351 Å². The van der Waals surface area contributed by atoms with E-state index in [4.69, 9.17) is 9.47 Å². The number of aromatic nitrogens is 3. The van der Waals surface area contributed by atoms with Crippen molar-refractivity contribution in [3.63, 3.8) is 0 Å². The molecule has 17 heteroatoms. The topological polar surface area (TPSA) is 172 Å². The summed E-state index contributed by atoms with van der Waals surface area (Å²) in [5.74, 6) is -3.40. The summed E-state index contributed by atoms with van der Waals surface area (Å²) in [4.78, 5) is 64.8. The normalized spacial score (nSPS) is 23.0. The first-order chi connectivity index (χ1) is 29.3. The number of hydrogen-bond acceptors (Lipinski definition) is 11. The minimum Gasteiger partial charge on any atom is -0.477 e. The molecule has 0 radical (unpaired) electrons. The third-order valence-electron chi connectivity index (χ3n) is 11.9. The number of carbonyl (C=O) groups is 4. The number of aliphatic imine (C=N–C) groups is 1. The Kier molecular flexibility index (Phi) is 11.9. The molecule has 6 heterocycles. The lowest BCUT2D eigenvalue weighted by atomic mass is 9.89. The Bertz CT molecular complexity index is 2400. The first kappa shape index (κ1) is 41.7. The highest BCUT2D eigenvalue weighted by Crippen LogP contribution is 2.36. The molecule has 0 spiro atoms. The second kappa shape index (κ2) is 17.5. The van der Waals surface area contributed by atoms with Crippen molar-refractivity contribution in [3.05, 3.63) is 88.2 Å². The van der Waals surface area contributed by atoms with Crippen LogP contribution >= 0.6 is 0 Å². The maximum Gasteiger partial charge on any atom is 0.280 e. The number of pyridine rings is 1. The van der Waals surface area contributed by atoms with Gasteiger partial charge >= 0.3 is 0 Å². The van der Waals surface area contributed by atoms with Gasteiger partial charge in [-0.2, -0.15) is 10.1 Å². The minimum absolute atomic E-state index is 0.0247. The molecule has 15 nitrogen and oxygen atoms in total. The molecule has 320 valence electrons. The molecule has 3 N–H and O–H groups in total. The van der Waals surface area contributed by atoms with Crippen molar-refractivity contribution in [2.45, 2.75) is 70.4 Å². The van der Waals surface area contributed by atoms with Crippen molar-refractivity contribution in [1.82, 2.24) is 30.3 Å². The highest BCUT2D eigenvalue weighted by Gasteiger charge is 2.35.